The molecule has 4 nitrogen and oxygen atoms in total. The van der Waals surface area contributed by atoms with Crippen LogP contribution in [0.2, 0.25) is 0 Å². The number of likely N-dealkylation sites (tertiary alicyclic amines) is 1. The Bertz CT molecular complexity index is 367. The van der Waals surface area contributed by atoms with Crippen LogP contribution < -0.4 is 5.32 Å². The number of amides is 1. The van der Waals surface area contributed by atoms with Crippen LogP contribution in [-0.4, -0.2) is 41.7 Å². The molecule has 17 heavy (non-hydrogen) atoms. The highest BCUT2D eigenvalue weighted by atomic mass is 16.3. The molecule has 1 aromatic rings. The molecule has 4 heteroatoms. The SMILES string of the molecule is O=C(CN1CC[C@H](O)C1)NCc1ccccc1. The largest absolute Gasteiger partial charge is 0.392 e. The van der Waals surface area contributed by atoms with Crippen LogP contribution in [0.15, 0.2) is 30.3 Å². The third kappa shape index (κ3) is 3.84. The monoisotopic (exact) mass is 234 g/mol. The topological polar surface area (TPSA) is 52.6 Å². The van der Waals surface area contributed by atoms with Crippen molar-refractivity contribution in [2.45, 2.75) is 19.1 Å². The molecule has 0 radical (unpaired) electrons. The van der Waals surface area contributed by atoms with Crippen molar-refractivity contribution in [3.63, 3.8) is 0 Å². The Kier molecular flexibility index (Phi) is 4.12. The van der Waals surface area contributed by atoms with Crippen LogP contribution in [0.3, 0.4) is 0 Å². The number of nitrogens with zero attached hydrogens (tertiary/aromatic N) is 1. The Morgan fingerprint density at radius 3 is 2.82 bits per heavy atom. The Morgan fingerprint density at radius 1 is 1.41 bits per heavy atom. The quantitative estimate of drug-likeness (QED) is 0.791. The summed E-state index contributed by atoms with van der Waals surface area (Å²) in [6.45, 7) is 2.36. The van der Waals surface area contributed by atoms with Gasteiger partial charge < -0.3 is 10.4 Å². The minimum atomic E-state index is -0.267. The summed E-state index contributed by atoms with van der Waals surface area (Å²) in [5, 5.41) is 12.2. The van der Waals surface area contributed by atoms with Crippen molar-refractivity contribution in [3.8, 4) is 0 Å². The second kappa shape index (κ2) is 5.80. The maximum absolute atomic E-state index is 11.6. The number of carbonyl (C=O) groups excluding carboxylic acids is 1. The minimum Gasteiger partial charge on any atom is -0.392 e. The lowest BCUT2D eigenvalue weighted by Gasteiger charge is -2.14. The van der Waals surface area contributed by atoms with Crippen LogP contribution in [0.25, 0.3) is 0 Å². The Labute approximate surface area is 101 Å². The molecular weight excluding hydrogens is 216 g/mol. The highest BCUT2D eigenvalue weighted by Gasteiger charge is 2.21. The fourth-order valence-corrected chi connectivity index (χ4v) is 2.01. The molecule has 1 aromatic carbocycles. The van der Waals surface area contributed by atoms with Crippen molar-refractivity contribution in [1.29, 1.82) is 0 Å². The van der Waals surface area contributed by atoms with E-state index in [9.17, 15) is 9.90 Å². The molecule has 0 saturated carbocycles. The first-order valence-corrected chi connectivity index (χ1v) is 5.95. The van der Waals surface area contributed by atoms with E-state index < -0.39 is 0 Å². The number of β-amino-alcohol motifs (C(OH)–C–C–N with tert-alkyl or cyclic N) is 1. The predicted molar refractivity (Wildman–Crippen MR) is 65.4 cm³/mol. The normalized spacial score (nSPS) is 20.4. The highest BCUT2D eigenvalue weighted by molar-refractivity contribution is 5.78. The molecule has 0 aliphatic carbocycles. The third-order valence-electron chi connectivity index (χ3n) is 2.95. The van der Waals surface area contributed by atoms with E-state index >= 15 is 0 Å². The van der Waals surface area contributed by atoms with E-state index in [2.05, 4.69) is 5.32 Å². The summed E-state index contributed by atoms with van der Waals surface area (Å²) in [6, 6.07) is 9.84. The smallest absolute Gasteiger partial charge is 0.234 e. The van der Waals surface area contributed by atoms with Crippen LogP contribution in [-0.2, 0) is 11.3 Å². The predicted octanol–water partition coefficient (Wildman–Crippen LogP) is 0.369. The maximum Gasteiger partial charge on any atom is 0.234 e. The van der Waals surface area contributed by atoms with Crippen molar-refractivity contribution in [3.05, 3.63) is 35.9 Å². The fourth-order valence-electron chi connectivity index (χ4n) is 2.01. The Hall–Kier alpha value is -1.39. The van der Waals surface area contributed by atoms with Crippen LogP contribution in [0.1, 0.15) is 12.0 Å². The molecule has 0 spiro atoms. The number of hydrogen-bond acceptors (Lipinski definition) is 3. The van der Waals surface area contributed by atoms with Crippen molar-refractivity contribution in [1.82, 2.24) is 10.2 Å². The molecule has 1 saturated heterocycles. The standard InChI is InChI=1S/C13H18N2O2/c16-12-6-7-15(9-12)10-13(17)14-8-11-4-2-1-3-5-11/h1-5,12,16H,6-10H2,(H,14,17)/t12-/m0/s1. The molecule has 0 aromatic heterocycles. The maximum atomic E-state index is 11.6. The van der Waals surface area contributed by atoms with E-state index in [0.29, 0.717) is 19.6 Å². The number of rotatable bonds is 4. The van der Waals surface area contributed by atoms with E-state index in [-0.39, 0.29) is 12.0 Å². The number of aliphatic hydroxyl groups is 1. The van der Waals surface area contributed by atoms with Gasteiger partial charge in [-0.25, -0.2) is 0 Å². The van der Waals surface area contributed by atoms with Gasteiger partial charge >= 0.3 is 0 Å². The first kappa shape index (κ1) is 12.1. The van der Waals surface area contributed by atoms with E-state index in [1.165, 1.54) is 0 Å². The lowest BCUT2D eigenvalue weighted by molar-refractivity contribution is -0.122. The summed E-state index contributed by atoms with van der Waals surface area (Å²) in [7, 11) is 0. The minimum absolute atomic E-state index is 0.0166. The summed E-state index contributed by atoms with van der Waals surface area (Å²) in [5.74, 6) is 0.0166. The number of hydrogen-bond donors (Lipinski definition) is 2. The number of carbonyl (C=O) groups is 1. The summed E-state index contributed by atoms with van der Waals surface area (Å²) in [5.41, 5.74) is 1.10. The van der Waals surface area contributed by atoms with E-state index in [0.717, 1.165) is 18.5 Å². The third-order valence-corrected chi connectivity index (χ3v) is 2.95. The Balaban J connectivity index is 1.71. The molecule has 1 aliphatic heterocycles. The van der Waals surface area contributed by atoms with Crippen molar-refractivity contribution in [2.75, 3.05) is 19.6 Å². The first-order valence-electron chi connectivity index (χ1n) is 5.95. The number of aliphatic hydroxyl groups excluding tert-OH is 1. The summed E-state index contributed by atoms with van der Waals surface area (Å²) in [4.78, 5) is 13.6. The molecule has 0 unspecified atom stereocenters. The van der Waals surface area contributed by atoms with Gasteiger partial charge in [-0.2, -0.15) is 0 Å². The van der Waals surface area contributed by atoms with Crippen LogP contribution >= 0.6 is 0 Å². The summed E-state index contributed by atoms with van der Waals surface area (Å²) < 4.78 is 0. The van der Waals surface area contributed by atoms with Gasteiger partial charge in [0.25, 0.3) is 0 Å². The van der Waals surface area contributed by atoms with E-state index in [1.807, 2.05) is 35.2 Å². The lowest BCUT2D eigenvalue weighted by Crippen LogP contribution is -2.36. The molecule has 1 heterocycles. The molecule has 0 bridgehead atoms. The van der Waals surface area contributed by atoms with Gasteiger partial charge in [0.2, 0.25) is 5.91 Å². The molecule has 2 N–H and O–H groups in total. The summed E-state index contributed by atoms with van der Waals surface area (Å²) in [6.07, 6.45) is 0.503. The first-order chi connectivity index (χ1) is 8.24. The van der Waals surface area contributed by atoms with Crippen molar-refractivity contribution < 1.29 is 9.90 Å². The average Bonchev–Trinajstić information content (AvgIpc) is 2.73. The number of benzene rings is 1. The summed E-state index contributed by atoms with van der Waals surface area (Å²) >= 11 is 0. The second-order valence-corrected chi connectivity index (χ2v) is 4.44. The van der Waals surface area contributed by atoms with E-state index in [1.54, 1.807) is 0 Å². The van der Waals surface area contributed by atoms with Crippen molar-refractivity contribution in [2.24, 2.45) is 0 Å². The molecule has 1 fully saturated rings. The average molecular weight is 234 g/mol. The van der Waals surface area contributed by atoms with Gasteiger partial charge in [0.05, 0.1) is 12.6 Å². The zero-order valence-corrected chi connectivity index (χ0v) is 9.80. The van der Waals surface area contributed by atoms with Gasteiger partial charge in [-0.1, -0.05) is 30.3 Å². The van der Waals surface area contributed by atoms with Gasteiger partial charge in [0, 0.05) is 19.6 Å². The highest BCUT2D eigenvalue weighted by Crippen LogP contribution is 2.07. The zero-order chi connectivity index (χ0) is 12.1. The van der Waals surface area contributed by atoms with Gasteiger partial charge in [-0.05, 0) is 12.0 Å². The number of nitrogens with one attached hydrogen (secondary N) is 1. The molecule has 1 amide bonds. The molecule has 1 atom stereocenters. The molecule has 92 valence electrons. The van der Waals surface area contributed by atoms with Gasteiger partial charge in [-0.3, -0.25) is 9.69 Å². The lowest BCUT2D eigenvalue weighted by atomic mass is 10.2. The fraction of sp³-hybridized carbons (Fsp3) is 0.462. The van der Waals surface area contributed by atoms with Gasteiger partial charge in [0.15, 0.2) is 0 Å². The molecule has 1 aliphatic rings. The molecule has 2 rings (SSSR count). The van der Waals surface area contributed by atoms with Gasteiger partial charge in [-0.15, -0.1) is 0 Å². The van der Waals surface area contributed by atoms with Gasteiger partial charge in [0.1, 0.15) is 0 Å². The molecular formula is C13H18N2O2. The van der Waals surface area contributed by atoms with Crippen LogP contribution in [0.5, 0.6) is 0 Å². The zero-order valence-electron chi connectivity index (χ0n) is 9.80. The van der Waals surface area contributed by atoms with Crippen LogP contribution in [0.4, 0.5) is 0 Å². The second-order valence-electron chi connectivity index (χ2n) is 4.44. The Morgan fingerprint density at radius 2 is 2.18 bits per heavy atom. The van der Waals surface area contributed by atoms with E-state index in [4.69, 9.17) is 0 Å². The van der Waals surface area contributed by atoms with Crippen molar-refractivity contribution >= 4 is 5.91 Å². The van der Waals surface area contributed by atoms with Crippen LogP contribution in [0, 0.1) is 0 Å².